The average Bonchev–Trinajstić information content (AvgIpc) is 2.62. The summed E-state index contributed by atoms with van der Waals surface area (Å²) in [5.41, 5.74) is 6.37. The van der Waals surface area contributed by atoms with Gasteiger partial charge in [0.25, 0.3) is 0 Å². The maximum atomic E-state index is 13.6. The molecule has 26 heavy (non-hydrogen) atoms. The van der Waals surface area contributed by atoms with E-state index < -0.39 is 21.5 Å². The van der Waals surface area contributed by atoms with E-state index in [2.05, 4.69) is 4.98 Å². The standard InChI is InChI=1S/C19H14F2N2O2S/c20-15-6-5-14(18(21)11-15)4-1-13-2-7-16(8-3-13)26(24,25)17-9-10-19(22)23-12-17/h1-12H,(H2,22,23). The molecule has 0 atom stereocenters. The number of rotatable bonds is 4. The minimum Gasteiger partial charge on any atom is -0.384 e. The summed E-state index contributed by atoms with van der Waals surface area (Å²) in [5.74, 6) is -1.08. The molecule has 0 saturated carbocycles. The number of anilines is 1. The van der Waals surface area contributed by atoms with E-state index in [1.165, 1.54) is 48.7 Å². The number of nitrogen functional groups attached to an aromatic ring is 1. The first-order chi connectivity index (χ1) is 12.4. The maximum absolute atomic E-state index is 13.6. The van der Waals surface area contributed by atoms with E-state index in [0.717, 1.165) is 6.07 Å². The second kappa shape index (κ2) is 7.05. The smallest absolute Gasteiger partial charge is 0.208 e. The Labute approximate surface area is 149 Å². The molecule has 2 N–H and O–H groups in total. The van der Waals surface area contributed by atoms with Crippen molar-refractivity contribution in [2.24, 2.45) is 0 Å². The monoisotopic (exact) mass is 372 g/mol. The number of halogens is 2. The Balaban J connectivity index is 1.84. The van der Waals surface area contributed by atoms with Gasteiger partial charge in [-0.3, -0.25) is 0 Å². The molecule has 0 fully saturated rings. The van der Waals surface area contributed by atoms with Gasteiger partial charge in [0.2, 0.25) is 9.84 Å². The first-order valence-electron chi connectivity index (χ1n) is 7.56. The van der Waals surface area contributed by atoms with Crippen molar-refractivity contribution in [3.63, 3.8) is 0 Å². The van der Waals surface area contributed by atoms with E-state index in [1.807, 2.05) is 0 Å². The lowest BCUT2D eigenvalue weighted by Crippen LogP contribution is -2.03. The van der Waals surface area contributed by atoms with Gasteiger partial charge in [0, 0.05) is 17.8 Å². The molecule has 1 aromatic heterocycles. The third kappa shape index (κ3) is 3.78. The summed E-state index contributed by atoms with van der Waals surface area (Å²) in [6, 6.07) is 12.2. The lowest BCUT2D eigenvalue weighted by atomic mass is 10.1. The molecule has 0 spiro atoms. The Morgan fingerprint density at radius 1 is 0.885 bits per heavy atom. The van der Waals surface area contributed by atoms with Crippen molar-refractivity contribution in [3.05, 3.63) is 83.6 Å². The Bertz CT molecular complexity index is 1060. The summed E-state index contributed by atoms with van der Waals surface area (Å²) in [7, 11) is -3.69. The molecule has 0 aliphatic carbocycles. The van der Waals surface area contributed by atoms with E-state index in [4.69, 9.17) is 5.73 Å². The van der Waals surface area contributed by atoms with Crippen LogP contribution in [0.3, 0.4) is 0 Å². The molecule has 4 nitrogen and oxygen atoms in total. The Kier molecular flexibility index (Phi) is 4.81. The minimum absolute atomic E-state index is 0.0448. The summed E-state index contributed by atoms with van der Waals surface area (Å²) in [6.07, 6.45) is 4.30. The Morgan fingerprint density at radius 2 is 1.58 bits per heavy atom. The summed E-state index contributed by atoms with van der Waals surface area (Å²) < 4.78 is 51.6. The van der Waals surface area contributed by atoms with Gasteiger partial charge in [-0.15, -0.1) is 0 Å². The Hall–Kier alpha value is -3.06. The zero-order valence-electron chi connectivity index (χ0n) is 13.4. The van der Waals surface area contributed by atoms with Crippen molar-refractivity contribution < 1.29 is 17.2 Å². The number of benzene rings is 2. The van der Waals surface area contributed by atoms with E-state index >= 15 is 0 Å². The molecule has 132 valence electrons. The SMILES string of the molecule is Nc1ccc(S(=O)(=O)c2ccc(C=Cc3ccc(F)cc3F)cc2)cn1. The topological polar surface area (TPSA) is 73.1 Å². The minimum atomic E-state index is -3.69. The van der Waals surface area contributed by atoms with Crippen LogP contribution in [0.1, 0.15) is 11.1 Å². The van der Waals surface area contributed by atoms with Crippen molar-refractivity contribution in [2.45, 2.75) is 9.79 Å². The predicted octanol–water partition coefficient (Wildman–Crippen LogP) is 3.95. The number of sulfone groups is 1. The van der Waals surface area contributed by atoms with Crippen molar-refractivity contribution in [3.8, 4) is 0 Å². The van der Waals surface area contributed by atoms with Crippen molar-refractivity contribution in [1.82, 2.24) is 4.98 Å². The van der Waals surface area contributed by atoms with Crippen molar-refractivity contribution >= 4 is 27.8 Å². The fraction of sp³-hybridized carbons (Fsp3) is 0. The number of pyridine rings is 1. The van der Waals surface area contributed by atoms with Crippen molar-refractivity contribution in [1.29, 1.82) is 0 Å². The highest BCUT2D eigenvalue weighted by atomic mass is 32.2. The van der Waals surface area contributed by atoms with Gasteiger partial charge >= 0.3 is 0 Å². The van der Waals surface area contributed by atoms with Crippen LogP contribution in [-0.4, -0.2) is 13.4 Å². The van der Waals surface area contributed by atoms with Gasteiger partial charge in [-0.05, 0) is 42.0 Å². The van der Waals surface area contributed by atoms with Gasteiger partial charge < -0.3 is 5.73 Å². The van der Waals surface area contributed by atoms with Gasteiger partial charge in [-0.1, -0.05) is 24.3 Å². The van der Waals surface area contributed by atoms with E-state index in [-0.39, 0.29) is 21.2 Å². The molecule has 0 unspecified atom stereocenters. The van der Waals surface area contributed by atoms with Crippen LogP contribution in [-0.2, 0) is 9.84 Å². The van der Waals surface area contributed by atoms with E-state index in [9.17, 15) is 17.2 Å². The highest BCUT2D eigenvalue weighted by Gasteiger charge is 2.17. The van der Waals surface area contributed by atoms with Gasteiger partial charge in [-0.2, -0.15) is 0 Å². The quantitative estimate of drug-likeness (QED) is 0.704. The van der Waals surface area contributed by atoms with E-state index in [0.29, 0.717) is 5.56 Å². The highest BCUT2D eigenvalue weighted by molar-refractivity contribution is 7.91. The zero-order valence-corrected chi connectivity index (χ0v) is 14.2. The van der Waals surface area contributed by atoms with Crippen LogP contribution in [0.25, 0.3) is 12.2 Å². The number of hydrogen-bond acceptors (Lipinski definition) is 4. The average molecular weight is 372 g/mol. The molecule has 3 aromatic rings. The second-order valence-electron chi connectivity index (χ2n) is 5.49. The number of nitrogens with two attached hydrogens (primary N) is 1. The Morgan fingerprint density at radius 3 is 2.19 bits per heavy atom. The van der Waals surface area contributed by atoms with Gasteiger partial charge in [0.05, 0.1) is 9.79 Å². The largest absolute Gasteiger partial charge is 0.384 e. The normalized spacial score (nSPS) is 11.8. The molecule has 0 aliphatic heterocycles. The zero-order chi connectivity index (χ0) is 18.7. The number of nitrogens with zero attached hydrogens (tertiary/aromatic N) is 1. The third-order valence-electron chi connectivity index (χ3n) is 3.68. The predicted molar refractivity (Wildman–Crippen MR) is 95.8 cm³/mol. The van der Waals surface area contributed by atoms with Gasteiger partial charge in [-0.25, -0.2) is 22.2 Å². The van der Waals surface area contributed by atoms with Crippen LogP contribution in [0.15, 0.2) is 70.6 Å². The third-order valence-corrected chi connectivity index (χ3v) is 5.43. The first kappa shape index (κ1) is 17.8. The molecule has 0 amide bonds. The summed E-state index contributed by atoms with van der Waals surface area (Å²) in [6.45, 7) is 0. The lowest BCUT2D eigenvalue weighted by molar-refractivity contribution is 0.581. The highest BCUT2D eigenvalue weighted by Crippen LogP contribution is 2.22. The maximum Gasteiger partial charge on any atom is 0.208 e. The fourth-order valence-corrected chi connectivity index (χ4v) is 3.47. The van der Waals surface area contributed by atoms with Crippen molar-refractivity contribution in [2.75, 3.05) is 5.73 Å². The number of aromatic nitrogens is 1. The lowest BCUT2D eigenvalue weighted by Gasteiger charge is -2.05. The van der Waals surface area contributed by atoms with E-state index in [1.54, 1.807) is 18.2 Å². The summed E-state index contributed by atoms with van der Waals surface area (Å²) in [4.78, 5) is 3.94. The van der Waals surface area contributed by atoms with Crippen LogP contribution >= 0.6 is 0 Å². The van der Waals surface area contributed by atoms with Crippen LogP contribution < -0.4 is 5.73 Å². The summed E-state index contributed by atoms with van der Waals surface area (Å²) in [5, 5.41) is 0. The second-order valence-corrected chi connectivity index (χ2v) is 7.44. The van der Waals surface area contributed by atoms with Crippen LogP contribution in [0, 0.1) is 11.6 Å². The molecule has 0 bridgehead atoms. The molecule has 1 heterocycles. The summed E-state index contributed by atoms with van der Waals surface area (Å²) >= 11 is 0. The fourth-order valence-electron chi connectivity index (χ4n) is 2.27. The molecular formula is C19H14F2N2O2S. The van der Waals surface area contributed by atoms with Crippen LogP contribution in [0.2, 0.25) is 0 Å². The number of hydrogen-bond donors (Lipinski definition) is 1. The molecule has 7 heteroatoms. The van der Waals surface area contributed by atoms with Gasteiger partial charge in [0.1, 0.15) is 17.5 Å². The first-order valence-corrected chi connectivity index (χ1v) is 9.04. The molecular weight excluding hydrogens is 358 g/mol. The molecule has 0 radical (unpaired) electrons. The van der Waals surface area contributed by atoms with Gasteiger partial charge in [0.15, 0.2) is 0 Å². The van der Waals surface area contributed by atoms with Crippen LogP contribution in [0.4, 0.5) is 14.6 Å². The van der Waals surface area contributed by atoms with Crippen LogP contribution in [0.5, 0.6) is 0 Å². The molecule has 3 rings (SSSR count). The molecule has 0 saturated heterocycles. The molecule has 0 aliphatic rings. The molecule has 2 aromatic carbocycles.